The van der Waals surface area contributed by atoms with E-state index in [1.807, 2.05) is 24.3 Å². The number of carbonyl (C=O) groups excluding carboxylic acids is 4. The lowest BCUT2D eigenvalue weighted by atomic mass is 9.81. The number of thiazole rings is 1. The molecule has 3 N–H and O–H groups in total. The number of sulfonamides is 1. The minimum Gasteiger partial charge on any atom is -0.462 e. The zero-order valence-corrected chi connectivity index (χ0v) is 30.0. The summed E-state index contributed by atoms with van der Waals surface area (Å²) in [5.74, 6) is -3.48. The number of primary sulfonamides is 1. The number of carbonyl (C=O) groups is 4. The van der Waals surface area contributed by atoms with Crippen molar-refractivity contribution in [2.75, 3.05) is 16.8 Å². The summed E-state index contributed by atoms with van der Waals surface area (Å²) in [4.78, 5) is 68.5. The minimum atomic E-state index is -3.92. The molecule has 0 aliphatic carbocycles. The lowest BCUT2D eigenvalue weighted by Crippen LogP contribution is -2.33. The first-order valence-corrected chi connectivity index (χ1v) is 18.9. The van der Waals surface area contributed by atoms with Crippen LogP contribution in [0.1, 0.15) is 60.0 Å². The Kier molecular flexibility index (Phi) is 9.37. The fraction of sp³-hybridized carbons (Fsp3) is 0.286. The van der Waals surface area contributed by atoms with Crippen LogP contribution >= 0.6 is 23.1 Å². The van der Waals surface area contributed by atoms with Crippen molar-refractivity contribution in [1.29, 1.82) is 0 Å². The molecule has 2 unspecified atom stereocenters. The summed E-state index contributed by atoms with van der Waals surface area (Å²) in [5.41, 5.74) is 2.57. The molecule has 0 saturated carbocycles. The molecule has 0 bridgehead atoms. The summed E-state index contributed by atoms with van der Waals surface area (Å²) in [6, 6.07) is 19.1. The molecule has 15 heteroatoms. The van der Waals surface area contributed by atoms with Gasteiger partial charge >= 0.3 is 10.8 Å². The van der Waals surface area contributed by atoms with Crippen molar-refractivity contribution in [2.45, 2.75) is 60.7 Å². The van der Waals surface area contributed by atoms with Crippen molar-refractivity contribution in [3.63, 3.8) is 0 Å². The van der Waals surface area contributed by atoms with Crippen LogP contribution in [0.3, 0.4) is 0 Å². The van der Waals surface area contributed by atoms with Gasteiger partial charge in [-0.25, -0.2) is 23.3 Å². The SMILES string of the molecule is CCOC(=O)c1ccc(N2C(=O)C3Sc4c(sc(=O)n4CC(=O)Nc4ccc(S(N)(=O)=O)cc4)[C@@H](c4ccc(C(C)(C)C)cc4)C3C2=O)cc1. The molecule has 3 amide bonds. The van der Waals surface area contributed by atoms with Crippen LogP contribution in [0.25, 0.3) is 0 Å². The molecule has 1 saturated heterocycles. The van der Waals surface area contributed by atoms with E-state index in [1.165, 1.54) is 53.1 Å². The summed E-state index contributed by atoms with van der Waals surface area (Å²) < 4.78 is 29.6. The highest BCUT2D eigenvalue weighted by molar-refractivity contribution is 8.00. The van der Waals surface area contributed by atoms with Gasteiger partial charge in [-0.05, 0) is 72.0 Å². The highest BCUT2D eigenvalue weighted by atomic mass is 32.2. The monoisotopic (exact) mass is 734 g/mol. The normalized spacial score (nSPS) is 18.8. The van der Waals surface area contributed by atoms with Gasteiger partial charge in [-0.15, -0.1) is 0 Å². The molecule has 2 aliphatic rings. The topological polar surface area (TPSA) is 175 Å². The van der Waals surface area contributed by atoms with Gasteiger partial charge in [0, 0.05) is 16.5 Å². The average molecular weight is 735 g/mol. The number of hydrogen-bond acceptors (Lipinski definition) is 10. The van der Waals surface area contributed by atoms with E-state index in [0.717, 1.165) is 39.1 Å². The lowest BCUT2D eigenvalue weighted by Gasteiger charge is -2.31. The Balaban J connectivity index is 1.36. The van der Waals surface area contributed by atoms with Gasteiger partial charge in [0.1, 0.15) is 11.8 Å². The van der Waals surface area contributed by atoms with Crippen molar-refractivity contribution in [3.05, 3.63) is 104 Å². The summed E-state index contributed by atoms with van der Waals surface area (Å²) in [5, 5.41) is 7.35. The van der Waals surface area contributed by atoms with Gasteiger partial charge in [-0.1, -0.05) is 68.1 Å². The van der Waals surface area contributed by atoms with Crippen LogP contribution in [-0.2, 0) is 41.1 Å². The third kappa shape index (κ3) is 6.65. The van der Waals surface area contributed by atoms with Crippen LogP contribution in [0.15, 0.2) is 87.5 Å². The predicted molar refractivity (Wildman–Crippen MR) is 190 cm³/mol. The van der Waals surface area contributed by atoms with E-state index in [2.05, 4.69) is 26.1 Å². The second-order valence-electron chi connectivity index (χ2n) is 12.9. The number of nitrogens with zero attached hydrogens (tertiary/aromatic N) is 2. The Hall–Kier alpha value is -4.57. The van der Waals surface area contributed by atoms with Crippen LogP contribution in [-0.4, -0.2) is 48.5 Å². The van der Waals surface area contributed by atoms with Gasteiger partial charge in [0.2, 0.25) is 27.7 Å². The van der Waals surface area contributed by atoms with Crippen LogP contribution in [0.5, 0.6) is 0 Å². The Labute approximate surface area is 296 Å². The van der Waals surface area contributed by atoms with Gasteiger partial charge in [-0.3, -0.25) is 23.7 Å². The van der Waals surface area contributed by atoms with E-state index >= 15 is 0 Å². The number of amides is 3. The number of ether oxygens (including phenoxy) is 1. The predicted octanol–water partition coefficient (Wildman–Crippen LogP) is 4.47. The average Bonchev–Trinajstić information content (AvgIpc) is 3.50. The standard InChI is InChI=1S/C35H34N4O8S3/c1-5-47-33(43)20-8-14-23(15-9-20)39-30(41)27-26(19-6-10-21(11-7-19)35(2,3)4)29-32(48-28(27)31(39)42)38(34(44)49-29)18-25(40)37-22-12-16-24(17-13-22)50(36,45)46/h6-17,26-28H,5,18H2,1-4H3,(H,37,40)(H2,36,45,46)/t26-,27?,28?/m0/s1. The summed E-state index contributed by atoms with van der Waals surface area (Å²) >= 11 is 2.02. The van der Waals surface area contributed by atoms with E-state index < -0.39 is 55.7 Å². The minimum absolute atomic E-state index is 0.120. The fourth-order valence-corrected chi connectivity index (χ4v) is 9.38. The maximum absolute atomic E-state index is 14.3. The van der Waals surface area contributed by atoms with Gasteiger partial charge in [0.15, 0.2) is 0 Å². The van der Waals surface area contributed by atoms with Crippen molar-refractivity contribution >= 4 is 68.2 Å². The third-order valence-electron chi connectivity index (χ3n) is 8.59. The Morgan fingerprint density at radius 1 is 0.920 bits per heavy atom. The van der Waals surface area contributed by atoms with Gasteiger partial charge in [0.05, 0.1) is 33.7 Å². The maximum atomic E-state index is 14.3. The summed E-state index contributed by atoms with van der Waals surface area (Å²) in [6.07, 6.45) is 0. The fourth-order valence-electron chi connectivity index (χ4n) is 6.09. The Morgan fingerprint density at radius 2 is 1.56 bits per heavy atom. The first-order valence-electron chi connectivity index (χ1n) is 15.7. The molecule has 3 aromatic carbocycles. The van der Waals surface area contributed by atoms with Crippen molar-refractivity contribution in [3.8, 4) is 0 Å². The highest BCUT2D eigenvalue weighted by Crippen LogP contribution is 2.54. The molecular formula is C35H34N4O8S3. The van der Waals surface area contributed by atoms with Crippen molar-refractivity contribution < 1.29 is 32.3 Å². The molecule has 50 heavy (non-hydrogen) atoms. The lowest BCUT2D eigenvalue weighted by molar-refractivity contribution is -0.122. The molecule has 0 spiro atoms. The highest BCUT2D eigenvalue weighted by Gasteiger charge is 2.56. The number of benzene rings is 3. The number of nitrogens with one attached hydrogen (secondary N) is 1. The number of anilines is 2. The van der Waals surface area contributed by atoms with Crippen molar-refractivity contribution in [2.24, 2.45) is 11.1 Å². The Morgan fingerprint density at radius 3 is 2.14 bits per heavy atom. The number of nitrogens with two attached hydrogens (primary N) is 1. The first-order chi connectivity index (χ1) is 23.6. The Bertz CT molecular complexity index is 2170. The smallest absolute Gasteiger partial charge is 0.338 e. The number of rotatable bonds is 8. The van der Waals surface area contributed by atoms with E-state index in [4.69, 9.17) is 9.88 Å². The van der Waals surface area contributed by atoms with Gasteiger partial charge < -0.3 is 10.1 Å². The molecule has 1 fully saturated rings. The van der Waals surface area contributed by atoms with Crippen LogP contribution in [0.4, 0.5) is 11.4 Å². The van der Waals surface area contributed by atoms with E-state index in [0.29, 0.717) is 21.3 Å². The molecule has 3 atom stereocenters. The number of imide groups is 1. The summed E-state index contributed by atoms with van der Waals surface area (Å²) in [6.45, 7) is 7.77. The number of thioether (sulfide) groups is 1. The molecule has 4 aromatic rings. The quantitative estimate of drug-likeness (QED) is 0.196. The molecule has 12 nitrogen and oxygen atoms in total. The number of aromatic nitrogens is 1. The van der Waals surface area contributed by atoms with Gasteiger partial charge in [-0.2, -0.15) is 0 Å². The van der Waals surface area contributed by atoms with E-state index in [9.17, 15) is 32.4 Å². The van der Waals surface area contributed by atoms with Crippen molar-refractivity contribution in [1.82, 2.24) is 4.57 Å². The molecule has 260 valence electrons. The molecule has 2 aliphatic heterocycles. The second-order valence-corrected chi connectivity index (χ2v) is 16.6. The zero-order chi connectivity index (χ0) is 36.1. The van der Waals surface area contributed by atoms with Crippen LogP contribution in [0, 0.1) is 5.92 Å². The van der Waals surface area contributed by atoms with Gasteiger partial charge in [0.25, 0.3) is 0 Å². The molecule has 0 radical (unpaired) electrons. The van der Waals surface area contributed by atoms with Crippen LogP contribution in [0.2, 0.25) is 0 Å². The number of esters is 1. The second kappa shape index (κ2) is 13.3. The van der Waals surface area contributed by atoms with E-state index in [1.54, 1.807) is 6.92 Å². The molecule has 1 aromatic heterocycles. The molecule has 3 heterocycles. The third-order valence-corrected chi connectivity index (χ3v) is 12.1. The van der Waals surface area contributed by atoms with E-state index in [-0.39, 0.29) is 29.0 Å². The summed E-state index contributed by atoms with van der Waals surface area (Å²) in [7, 11) is -3.92. The first kappa shape index (κ1) is 35.3. The zero-order valence-electron chi connectivity index (χ0n) is 27.5. The number of hydrogen-bond donors (Lipinski definition) is 2. The largest absolute Gasteiger partial charge is 0.462 e. The number of fused-ring (bicyclic) bond motifs is 2. The molecular weight excluding hydrogens is 701 g/mol. The maximum Gasteiger partial charge on any atom is 0.338 e. The van der Waals surface area contributed by atoms with Crippen LogP contribution < -0.4 is 20.2 Å². The molecule has 6 rings (SSSR count).